The van der Waals surface area contributed by atoms with Gasteiger partial charge in [-0.2, -0.15) is 0 Å². The van der Waals surface area contributed by atoms with Crippen molar-refractivity contribution in [1.29, 1.82) is 0 Å². The van der Waals surface area contributed by atoms with Crippen LogP contribution in [0.5, 0.6) is 0 Å². The Morgan fingerprint density at radius 3 is 2.00 bits per heavy atom. The van der Waals surface area contributed by atoms with Crippen LogP contribution in [0.2, 0.25) is 0 Å². The second-order valence-electron chi connectivity index (χ2n) is 5.07. The van der Waals surface area contributed by atoms with Gasteiger partial charge < -0.3 is 10.6 Å². The fraction of sp³-hybridized carbons (Fsp3) is 0.917. The van der Waals surface area contributed by atoms with Crippen molar-refractivity contribution in [3.05, 3.63) is 0 Å². The van der Waals surface area contributed by atoms with Gasteiger partial charge in [0.1, 0.15) is 0 Å². The Kier molecular flexibility index (Phi) is 3.29. The van der Waals surface area contributed by atoms with Crippen LogP contribution in [-0.4, -0.2) is 29.4 Å². The van der Waals surface area contributed by atoms with Gasteiger partial charge in [-0.1, -0.05) is 25.7 Å². The number of carbonyl (C=O) groups excluding carboxylic acids is 1. The number of hydrogen-bond donors (Lipinski definition) is 1. The van der Waals surface area contributed by atoms with Crippen LogP contribution >= 0.6 is 0 Å². The van der Waals surface area contributed by atoms with Gasteiger partial charge in [0.05, 0.1) is 5.54 Å². The van der Waals surface area contributed by atoms with E-state index in [2.05, 4.69) is 0 Å². The normalized spacial score (nSPS) is 26.3. The first-order valence-electron chi connectivity index (χ1n) is 6.31. The van der Waals surface area contributed by atoms with E-state index in [4.69, 9.17) is 5.73 Å². The predicted octanol–water partition coefficient (Wildman–Crippen LogP) is 1.66. The van der Waals surface area contributed by atoms with Crippen molar-refractivity contribution in [1.82, 2.24) is 4.90 Å². The smallest absolute Gasteiger partial charge is 0.242 e. The van der Waals surface area contributed by atoms with Crippen LogP contribution in [0.1, 0.15) is 51.4 Å². The number of nitrogens with zero attached hydrogens (tertiary/aromatic N) is 1. The molecule has 2 N–H and O–H groups in total. The second-order valence-corrected chi connectivity index (χ2v) is 5.07. The highest BCUT2D eigenvalue weighted by Crippen LogP contribution is 2.27. The first-order chi connectivity index (χ1) is 7.22. The molecule has 0 spiro atoms. The molecule has 1 aliphatic heterocycles. The summed E-state index contributed by atoms with van der Waals surface area (Å²) in [5.41, 5.74) is 5.76. The minimum atomic E-state index is -0.527. The first kappa shape index (κ1) is 10.9. The molecule has 0 unspecified atom stereocenters. The molecule has 0 bridgehead atoms. The highest BCUT2D eigenvalue weighted by molar-refractivity contribution is 5.86. The Morgan fingerprint density at radius 2 is 1.47 bits per heavy atom. The predicted molar refractivity (Wildman–Crippen MR) is 60.4 cm³/mol. The maximum atomic E-state index is 12.3. The van der Waals surface area contributed by atoms with Gasteiger partial charge in [0.25, 0.3) is 0 Å². The quantitative estimate of drug-likeness (QED) is 0.669. The second kappa shape index (κ2) is 4.52. The van der Waals surface area contributed by atoms with E-state index in [0.717, 1.165) is 51.6 Å². The number of likely N-dealkylation sites (tertiary alicyclic amines) is 1. The Balaban J connectivity index is 2.01. The van der Waals surface area contributed by atoms with Crippen LogP contribution in [0.4, 0.5) is 0 Å². The summed E-state index contributed by atoms with van der Waals surface area (Å²) < 4.78 is 0. The molecule has 1 saturated carbocycles. The van der Waals surface area contributed by atoms with Gasteiger partial charge in [-0.3, -0.25) is 4.79 Å². The maximum Gasteiger partial charge on any atom is 0.242 e. The van der Waals surface area contributed by atoms with Gasteiger partial charge in [0.15, 0.2) is 0 Å². The van der Waals surface area contributed by atoms with E-state index in [0.29, 0.717) is 0 Å². The summed E-state index contributed by atoms with van der Waals surface area (Å²) in [6.45, 7) is 1.86. The lowest BCUT2D eigenvalue weighted by Gasteiger charge is -2.31. The van der Waals surface area contributed by atoms with E-state index in [1.165, 1.54) is 12.8 Å². The molecule has 2 aliphatic rings. The van der Waals surface area contributed by atoms with Crippen LogP contribution in [-0.2, 0) is 4.79 Å². The molecule has 1 saturated heterocycles. The van der Waals surface area contributed by atoms with Gasteiger partial charge in [0.2, 0.25) is 5.91 Å². The Bertz CT molecular complexity index is 226. The third-order valence-corrected chi connectivity index (χ3v) is 3.81. The van der Waals surface area contributed by atoms with Gasteiger partial charge >= 0.3 is 0 Å². The maximum absolute atomic E-state index is 12.3. The molecule has 0 aromatic carbocycles. The first-order valence-corrected chi connectivity index (χ1v) is 6.31. The van der Waals surface area contributed by atoms with Gasteiger partial charge in [-0.05, 0) is 25.7 Å². The van der Waals surface area contributed by atoms with Crippen molar-refractivity contribution in [3.8, 4) is 0 Å². The van der Waals surface area contributed by atoms with E-state index < -0.39 is 5.54 Å². The van der Waals surface area contributed by atoms with Gasteiger partial charge in [-0.25, -0.2) is 0 Å². The molecular weight excluding hydrogens is 188 g/mol. The number of hydrogen-bond acceptors (Lipinski definition) is 2. The van der Waals surface area contributed by atoms with E-state index in [1.807, 2.05) is 4.90 Å². The van der Waals surface area contributed by atoms with Gasteiger partial charge in [-0.15, -0.1) is 0 Å². The molecule has 0 aromatic rings. The Morgan fingerprint density at radius 1 is 0.933 bits per heavy atom. The third-order valence-electron chi connectivity index (χ3n) is 3.81. The molecule has 2 fully saturated rings. The molecule has 3 nitrogen and oxygen atoms in total. The lowest BCUT2D eigenvalue weighted by atomic mass is 9.90. The van der Waals surface area contributed by atoms with Crippen molar-refractivity contribution < 1.29 is 4.79 Å². The van der Waals surface area contributed by atoms with E-state index in [1.54, 1.807) is 0 Å². The number of nitrogens with two attached hydrogens (primary N) is 1. The average molecular weight is 210 g/mol. The summed E-state index contributed by atoms with van der Waals surface area (Å²) in [6, 6.07) is 0. The van der Waals surface area contributed by atoms with E-state index in [9.17, 15) is 4.79 Å². The Hall–Kier alpha value is -0.570. The van der Waals surface area contributed by atoms with Crippen LogP contribution in [0.25, 0.3) is 0 Å². The lowest BCUT2D eigenvalue weighted by molar-refractivity contribution is -0.136. The topological polar surface area (TPSA) is 46.3 Å². The minimum Gasteiger partial charge on any atom is -0.341 e. The van der Waals surface area contributed by atoms with Crippen molar-refractivity contribution in [2.75, 3.05) is 13.1 Å². The van der Waals surface area contributed by atoms with Crippen LogP contribution < -0.4 is 5.73 Å². The number of rotatable bonds is 1. The van der Waals surface area contributed by atoms with E-state index >= 15 is 0 Å². The zero-order valence-corrected chi connectivity index (χ0v) is 9.50. The molecular formula is C12H22N2O. The largest absolute Gasteiger partial charge is 0.341 e. The highest BCUT2D eigenvalue weighted by atomic mass is 16.2. The van der Waals surface area contributed by atoms with Crippen LogP contribution in [0.3, 0.4) is 0 Å². The van der Waals surface area contributed by atoms with Crippen LogP contribution in [0.15, 0.2) is 0 Å². The summed E-state index contributed by atoms with van der Waals surface area (Å²) in [5.74, 6) is 0.224. The molecule has 0 atom stereocenters. The lowest BCUT2D eigenvalue weighted by Crippen LogP contribution is -2.54. The molecule has 86 valence electrons. The van der Waals surface area contributed by atoms with Crippen molar-refractivity contribution in [3.63, 3.8) is 0 Å². The van der Waals surface area contributed by atoms with Crippen LogP contribution in [0, 0.1) is 0 Å². The van der Waals surface area contributed by atoms with E-state index in [-0.39, 0.29) is 5.91 Å². The molecule has 0 radical (unpaired) electrons. The molecule has 2 rings (SSSR count). The SMILES string of the molecule is NC1(C(=O)N2CCCC2)CCCCCC1. The number of carbonyl (C=O) groups is 1. The summed E-state index contributed by atoms with van der Waals surface area (Å²) in [7, 11) is 0. The standard InChI is InChI=1S/C12H22N2O/c13-12(7-3-1-2-4-8-12)11(15)14-9-5-6-10-14/h1-10,13H2. The van der Waals surface area contributed by atoms with Gasteiger partial charge in [0, 0.05) is 13.1 Å². The van der Waals surface area contributed by atoms with Crippen molar-refractivity contribution in [2.24, 2.45) is 5.73 Å². The zero-order valence-electron chi connectivity index (χ0n) is 9.50. The fourth-order valence-electron chi connectivity index (χ4n) is 2.81. The zero-order chi connectivity index (χ0) is 10.7. The fourth-order valence-corrected chi connectivity index (χ4v) is 2.81. The molecule has 1 heterocycles. The monoisotopic (exact) mass is 210 g/mol. The molecule has 1 amide bonds. The summed E-state index contributed by atoms with van der Waals surface area (Å²) in [4.78, 5) is 14.3. The van der Waals surface area contributed by atoms with Crippen molar-refractivity contribution in [2.45, 2.75) is 56.9 Å². The molecule has 15 heavy (non-hydrogen) atoms. The molecule has 0 aromatic heterocycles. The number of amides is 1. The third kappa shape index (κ3) is 2.33. The Labute approximate surface area is 92.0 Å². The summed E-state index contributed by atoms with van der Waals surface area (Å²) >= 11 is 0. The highest BCUT2D eigenvalue weighted by Gasteiger charge is 2.38. The van der Waals surface area contributed by atoms with Crippen molar-refractivity contribution >= 4 is 5.91 Å². The average Bonchev–Trinajstić information content (AvgIpc) is 2.67. The summed E-state index contributed by atoms with van der Waals surface area (Å²) in [6.07, 6.45) is 8.82. The minimum absolute atomic E-state index is 0.224. The summed E-state index contributed by atoms with van der Waals surface area (Å²) in [5, 5.41) is 0. The molecule has 1 aliphatic carbocycles. The molecule has 3 heteroatoms.